The summed E-state index contributed by atoms with van der Waals surface area (Å²) < 4.78 is 4.99. The molecular weight excluding hydrogens is 214 g/mol. The summed E-state index contributed by atoms with van der Waals surface area (Å²) in [7, 11) is 0. The number of benzene rings is 1. The lowest BCUT2D eigenvalue weighted by Crippen LogP contribution is -2.28. The Morgan fingerprint density at radius 2 is 2.06 bits per heavy atom. The number of carbonyl (C=O) groups is 1. The van der Waals surface area contributed by atoms with E-state index in [1.54, 1.807) is 13.0 Å². The normalized spacial score (nSPS) is 11.7. The van der Waals surface area contributed by atoms with Crippen molar-refractivity contribution in [3.8, 4) is 0 Å². The Labute approximate surface area is 102 Å². The van der Waals surface area contributed by atoms with Crippen molar-refractivity contribution in [1.29, 1.82) is 0 Å². The van der Waals surface area contributed by atoms with Gasteiger partial charge in [0, 0.05) is 5.69 Å². The Kier molecular flexibility index (Phi) is 4.76. The number of hydrogen-bond acceptors (Lipinski definition) is 3. The Hall–Kier alpha value is -1.77. The van der Waals surface area contributed by atoms with Gasteiger partial charge < -0.3 is 10.1 Å². The van der Waals surface area contributed by atoms with E-state index in [1.165, 1.54) is 0 Å². The fourth-order valence-electron chi connectivity index (χ4n) is 1.58. The summed E-state index contributed by atoms with van der Waals surface area (Å²) in [5.41, 5.74) is 3.23. The Morgan fingerprint density at radius 3 is 2.59 bits per heavy atom. The molecule has 0 aliphatic carbocycles. The van der Waals surface area contributed by atoms with Gasteiger partial charge in [-0.1, -0.05) is 30.9 Å². The first-order chi connectivity index (χ1) is 8.06. The molecular formula is C14H19NO2. The fourth-order valence-corrected chi connectivity index (χ4v) is 1.58. The number of hydrogen-bond donors (Lipinski definition) is 1. The van der Waals surface area contributed by atoms with Gasteiger partial charge in [0.05, 0.1) is 0 Å². The summed E-state index contributed by atoms with van der Waals surface area (Å²) in [6.07, 6.45) is 1.56. The molecule has 1 rings (SSSR count). The van der Waals surface area contributed by atoms with Crippen molar-refractivity contribution in [2.24, 2.45) is 0 Å². The Morgan fingerprint density at radius 1 is 1.47 bits per heavy atom. The number of ether oxygens (including phenoxy) is 1. The Bertz CT molecular complexity index is 392. The van der Waals surface area contributed by atoms with Crippen LogP contribution in [0.3, 0.4) is 0 Å². The predicted octanol–water partition coefficient (Wildman–Crippen LogP) is 2.83. The summed E-state index contributed by atoms with van der Waals surface area (Å²) in [5.74, 6) is -0.271. The molecule has 0 aliphatic rings. The van der Waals surface area contributed by atoms with Gasteiger partial charge >= 0.3 is 5.97 Å². The molecule has 0 saturated carbocycles. The van der Waals surface area contributed by atoms with E-state index >= 15 is 0 Å². The molecule has 3 heteroatoms. The molecule has 0 spiro atoms. The van der Waals surface area contributed by atoms with Gasteiger partial charge in [0.2, 0.25) is 0 Å². The van der Waals surface area contributed by atoms with E-state index in [0.717, 1.165) is 16.8 Å². The van der Waals surface area contributed by atoms with Crippen LogP contribution in [0.5, 0.6) is 0 Å². The minimum absolute atomic E-state index is 0.248. The molecule has 3 nitrogen and oxygen atoms in total. The zero-order chi connectivity index (χ0) is 12.8. The summed E-state index contributed by atoms with van der Waals surface area (Å²) in [6, 6.07) is 5.65. The molecule has 0 heterocycles. The van der Waals surface area contributed by atoms with E-state index in [9.17, 15) is 4.79 Å². The lowest BCUT2D eigenvalue weighted by Gasteiger charge is -2.17. The average molecular weight is 233 g/mol. The maximum atomic E-state index is 11.6. The first kappa shape index (κ1) is 13.3. The highest BCUT2D eigenvalue weighted by Crippen LogP contribution is 2.20. The number of rotatable bonds is 5. The van der Waals surface area contributed by atoms with Crippen LogP contribution >= 0.6 is 0 Å². The second-order valence-corrected chi connectivity index (χ2v) is 4.05. The molecule has 0 bridgehead atoms. The quantitative estimate of drug-likeness (QED) is 0.627. The van der Waals surface area contributed by atoms with Gasteiger partial charge in [-0.2, -0.15) is 0 Å². The van der Waals surface area contributed by atoms with Crippen LogP contribution in [0, 0.1) is 13.8 Å². The fraction of sp³-hybridized carbons (Fsp3) is 0.357. The molecule has 0 saturated heterocycles. The van der Waals surface area contributed by atoms with Crippen molar-refractivity contribution in [2.45, 2.75) is 26.8 Å². The number of carbonyl (C=O) groups excluding carboxylic acids is 1. The van der Waals surface area contributed by atoms with Crippen LogP contribution in [0.1, 0.15) is 18.1 Å². The standard InChI is InChI=1S/C14H19NO2/c1-5-9-17-14(16)12(4)15-13-10(2)7-6-8-11(13)3/h5-8,12,15H,1,9H2,2-4H3/t12-/m1/s1. The highest BCUT2D eigenvalue weighted by Gasteiger charge is 2.15. The number of esters is 1. The van der Waals surface area contributed by atoms with Crippen molar-refractivity contribution in [1.82, 2.24) is 0 Å². The van der Waals surface area contributed by atoms with Crippen molar-refractivity contribution < 1.29 is 9.53 Å². The van der Waals surface area contributed by atoms with Crippen molar-refractivity contribution in [3.63, 3.8) is 0 Å². The molecule has 1 N–H and O–H groups in total. The van der Waals surface area contributed by atoms with Crippen LogP contribution in [0.2, 0.25) is 0 Å². The van der Waals surface area contributed by atoms with Crippen LogP contribution in [-0.4, -0.2) is 18.6 Å². The third-order valence-electron chi connectivity index (χ3n) is 2.54. The molecule has 1 aromatic carbocycles. The highest BCUT2D eigenvalue weighted by atomic mass is 16.5. The van der Waals surface area contributed by atoms with Crippen LogP contribution in [0.4, 0.5) is 5.69 Å². The zero-order valence-electron chi connectivity index (χ0n) is 10.6. The third kappa shape index (κ3) is 3.63. The van der Waals surface area contributed by atoms with E-state index < -0.39 is 0 Å². The first-order valence-corrected chi connectivity index (χ1v) is 5.66. The van der Waals surface area contributed by atoms with Crippen LogP contribution in [0.25, 0.3) is 0 Å². The summed E-state index contributed by atoms with van der Waals surface area (Å²) >= 11 is 0. The summed E-state index contributed by atoms with van der Waals surface area (Å²) in [4.78, 5) is 11.6. The van der Waals surface area contributed by atoms with Gasteiger partial charge in [0.1, 0.15) is 12.6 Å². The van der Waals surface area contributed by atoms with Crippen molar-refractivity contribution >= 4 is 11.7 Å². The van der Waals surface area contributed by atoms with Gasteiger partial charge in [-0.05, 0) is 31.9 Å². The predicted molar refractivity (Wildman–Crippen MR) is 70.2 cm³/mol. The maximum Gasteiger partial charge on any atom is 0.328 e. The van der Waals surface area contributed by atoms with E-state index in [0.29, 0.717) is 0 Å². The lowest BCUT2D eigenvalue weighted by molar-refractivity contribution is -0.142. The van der Waals surface area contributed by atoms with Crippen molar-refractivity contribution in [2.75, 3.05) is 11.9 Å². The van der Waals surface area contributed by atoms with Gasteiger partial charge in [0.15, 0.2) is 0 Å². The minimum Gasteiger partial charge on any atom is -0.460 e. The second kappa shape index (κ2) is 6.09. The summed E-state index contributed by atoms with van der Waals surface area (Å²) in [6.45, 7) is 9.57. The van der Waals surface area contributed by atoms with Crippen LogP contribution in [-0.2, 0) is 9.53 Å². The second-order valence-electron chi connectivity index (χ2n) is 4.05. The van der Waals surface area contributed by atoms with Gasteiger partial charge in [-0.25, -0.2) is 4.79 Å². The molecule has 0 fully saturated rings. The van der Waals surface area contributed by atoms with E-state index in [-0.39, 0.29) is 18.6 Å². The lowest BCUT2D eigenvalue weighted by atomic mass is 10.1. The number of anilines is 1. The molecule has 0 unspecified atom stereocenters. The number of para-hydroxylation sites is 1. The molecule has 1 atom stereocenters. The summed E-state index contributed by atoms with van der Waals surface area (Å²) in [5, 5.41) is 3.18. The number of nitrogens with one attached hydrogen (secondary N) is 1. The Balaban J connectivity index is 2.70. The first-order valence-electron chi connectivity index (χ1n) is 5.66. The van der Waals surface area contributed by atoms with Gasteiger partial charge in [-0.15, -0.1) is 0 Å². The molecule has 17 heavy (non-hydrogen) atoms. The van der Waals surface area contributed by atoms with Crippen LogP contribution in [0.15, 0.2) is 30.9 Å². The largest absolute Gasteiger partial charge is 0.460 e. The minimum atomic E-state index is -0.366. The smallest absolute Gasteiger partial charge is 0.328 e. The molecule has 0 radical (unpaired) electrons. The van der Waals surface area contributed by atoms with E-state index in [2.05, 4.69) is 11.9 Å². The topological polar surface area (TPSA) is 38.3 Å². The molecule has 0 amide bonds. The van der Waals surface area contributed by atoms with E-state index in [4.69, 9.17) is 4.74 Å². The maximum absolute atomic E-state index is 11.6. The average Bonchev–Trinajstić information content (AvgIpc) is 2.30. The number of aryl methyl sites for hydroxylation is 2. The van der Waals surface area contributed by atoms with E-state index in [1.807, 2.05) is 32.0 Å². The molecule has 0 aromatic heterocycles. The van der Waals surface area contributed by atoms with Crippen LogP contribution < -0.4 is 5.32 Å². The van der Waals surface area contributed by atoms with Gasteiger partial charge in [-0.3, -0.25) is 0 Å². The van der Waals surface area contributed by atoms with Gasteiger partial charge in [0.25, 0.3) is 0 Å². The highest BCUT2D eigenvalue weighted by molar-refractivity contribution is 5.79. The molecule has 0 aliphatic heterocycles. The zero-order valence-corrected chi connectivity index (χ0v) is 10.6. The molecule has 1 aromatic rings. The monoisotopic (exact) mass is 233 g/mol. The third-order valence-corrected chi connectivity index (χ3v) is 2.54. The SMILES string of the molecule is C=CCOC(=O)[C@@H](C)Nc1c(C)cccc1C. The molecule has 92 valence electrons. The van der Waals surface area contributed by atoms with Crippen molar-refractivity contribution in [3.05, 3.63) is 42.0 Å².